The minimum Gasteiger partial charge on any atom is -0.357 e. The van der Waals surface area contributed by atoms with Gasteiger partial charge in [-0.3, -0.25) is 24.4 Å². The molecule has 2 aliphatic rings. The van der Waals surface area contributed by atoms with Gasteiger partial charge in [-0.2, -0.15) is 0 Å². The van der Waals surface area contributed by atoms with Gasteiger partial charge in [0.1, 0.15) is 0 Å². The maximum absolute atomic E-state index is 11.8. The standard InChI is InChI=1S/C19H35N5O2.HI/c1-3-16-8-5-6-13-23(16)14-11-21-19(20-4-2)22-12-15-24-17(25)9-7-10-18(24)26;/h16H,3-15H2,1-2H3,(H2,20,21,22);1H. The Morgan fingerprint density at radius 2 is 1.81 bits per heavy atom. The van der Waals surface area contributed by atoms with E-state index >= 15 is 0 Å². The summed E-state index contributed by atoms with van der Waals surface area (Å²) < 4.78 is 0. The van der Waals surface area contributed by atoms with E-state index in [1.165, 1.54) is 37.1 Å². The Morgan fingerprint density at radius 3 is 2.48 bits per heavy atom. The highest BCUT2D eigenvalue weighted by Gasteiger charge is 2.25. The van der Waals surface area contributed by atoms with Crippen molar-refractivity contribution in [3.05, 3.63) is 0 Å². The Morgan fingerprint density at radius 1 is 1.07 bits per heavy atom. The highest BCUT2D eigenvalue weighted by Crippen LogP contribution is 2.18. The van der Waals surface area contributed by atoms with Crippen LogP contribution in [0.25, 0.3) is 0 Å². The van der Waals surface area contributed by atoms with Crippen molar-refractivity contribution in [3.8, 4) is 0 Å². The van der Waals surface area contributed by atoms with E-state index in [9.17, 15) is 9.59 Å². The van der Waals surface area contributed by atoms with Gasteiger partial charge in [0, 0.05) is 45.1 Å². The molecule has 0 aromatic carbocycles. The molecule has 0 aromatic rings. The molecular weight excluding hydrogens is 457 g/mol. The number of piperidine rings is 2. The maximum atomic E-state index is 11.8. The average molecular weight is 493 g/mol. The summed E-state index contributed by atoms with van der Waals surface area (Å²) in [7, 11) is 0. The Balaban J connectivity index is 0.00000364. The number of carbonyl (C=O) groups excluding carboxylic acids is 2. The lowest BCUT2D eigenvalue weighted by Crippen LogP contribution is -2.46. The molecule has 8 heteroatoms. The van der Waals surface area contributed by atoms with Gasteiger partial charge < -0.3 is 10.6 Å². The Labute approximate surface area is 180 Å². The Hall–Kier alpha value is -0.900. The van der Waals surface area contributed by atoms with Crippen LogP contribution in [0.4, 0.5) is 0 Å². The molecule has 7 nitrogen and oxygen atoms in total. The van der Waals surface area contributed by atoms with Crippen LogP contribution in [0.2, 0.25) is 0 Å². The third kappa shape index (κ3) is 7.93. The molecule has 2 rings (SSSR count). The summed E-state index contributed by atoms with van der Waals surface area (Å²) in [6, 6.07) is 0.700. The van der Waals surface area contributed by atoms with Crippen LogP contribution in [-0.4, -0.2) is 72.9 Å². The van der Waals surface area contributed by atoms with Crippen molar-refractivity contribution in [1.82, 2.24) is 20.4 Å². The first kappa shape index (κ1) is 24.1. The second-order valence-corrected chi connectivity index (χ2v) is 7.07. The number of imide groups is 1. The van der Waals surface area contributed by atoms with E-state index in [1.807, 2.05) is 6.92 Å². The lowest BCUT2D eigenvalue weighted by atomic mass is 10.0. The van der Waals surface area contributed by atoms with E-state index in [2.05, 4.69) is 27.4 Å². The fourth-order valence-corrected chi connectivity index (χ4v) is 3.78. The van der Waals surface area contributed by atoms with Gasteiger partial charge in [-0.05, 0) is 39.2 Å². The molecule has 1 atom stereocenters. The molecule has 0 aliphatic carbocycles. The molecule has 2 amide bonds. The van der Waals surface area contributed by atoms with Crippen LogP contribution in [0.5, 0.6) is 0 Å². The van der Waals surface area contributed by atoms with Gasteiger partial charge in [0.2, 0.25) is 11.8 Å². The van der Waals surface area contributed by atoms with Gasteiger partial charge in [0.15, 0.2) is 5.96 Å². The summed E-state index contributed by atoms with van der Waals surface area (Å²) in [5.41, 5.74) is 0. The van der Waals surface area contributed by atoms with Crippen molar-refractivity contribution >= 4 is 41.8 Å². The molecule has 156 valence electrons. The van der Waals surface area contributed by atoms with Crippen LogP contribution < -0.4 is 10.6 Å². The normalized spacial score (nSPS) is 21.8. The molecule has 2 N–H and O–H groups in total. The number of hydrogen-bond acceptors (Lipinski definition) is 4. The fraction of sp³-hybridized carbons (Fsp3) is 0.842. The zero-order valence-corrected chi connectivity index (χ0v) is 19.2. The molecule has 0 bridgehead atoms. The molecule has 2 saturated heterocycles. The molecule has 1 unspecified atom stereocenters. The van der Waals surface area contributed by atoms with Crippen LogP contribution in [0.3, 0.4) is 0 Å². The summed E-state index contributed by atoms with van der Waals surface area (Å²) >= 11 is 0. The molecule has 0 saturated carbocycles. The number of hydrogen-bond donors (Lipinski definition) is 2. The summed E-state index contributed by atoms with van der Waals surface area (Å²) in [5, 5.41) is 6.48. The number of nitrogens with one attached hydrogen (secondary N) is 2. The average Bonchev–Trinajstić information content (AvgIpc) is 2.64. The highest BCUT2D eigenvalue weighted by molar-refractivity contribution is 14.0. The van der Waals surface area contributed by atoms with E-state index in [0.29, 0.717) is 38.4 Å². The first-order valence-corrected chi connectivity index (χ1v) is 10.2. The third-order valence-electron chi connectivity index (χ3n) is 5.23. The maximum Gasteiger partial charge on any atom is 0.229 e. The largest absolute Gasteiger partial charge is 0.357 e. The quantitative estimate of drug-likeness (QED) is 0.234. The van der Waals surface area contributed by atoms with Crippen LogP contribution in [-0.2, 0) is 9.59 Å². The zero-order valence-electron chi connectivity index (χ0n) is 16.8. The number of likely N-dealkylation sites (tertiary alicyclic amines) is 2. The number of aliphatic imine (C=N–C) groups is 1. The minimum atomic E-state index is -0.0549. The fourth-order valence-electron chi connectivity index (χ4n) is 3.78. The topological polar surface area (TPSA) is 77.0 Å². The third-order valence-corrected chi connectivity index (χ3v) is 5.23. The van der Waals surface area contributed by atoms with Crippen LogP contribution in [0.1, 0.15) is 58.8 Å². The molecule has 0 spiro atoms. The van der Waals surface area contributed by atoms with Gasteiger partial charge in [-0.25, -0.2) is 0 Å². The number of guanidine groups is 1. The van der Waals surface area contributed by atoms with Crippen LogP contribution in [0, 0.1) is 0 Å². The predicted molar refractivity (Wildman–Crippen MR) is 119 cm³/mol. The monoisotopic (exact) mass is 493 g/mol. The van der Waals surface area contributed by atoms with Gasteiger partial charge in [0.05, 0.1) is 6.54 Å². The lowest BCUT2D eigenvalue weighted by molar-refractivity contribution is -0.147. The summed E-state index contributed by atoms with van der Waals surface area (Å²) in [6.07, 6.45) is 6.78. The second kappa shape index (κ2) is 13.3. The van der Waals surface area contributed by atoms with E-state index in [0.717, 1.165) is 25.6 Å². The highest BCUT2D eigenvalue weighted by atomic mass is 127. The molecule has 0 aromatic heterocycles. The van der Waals surface area contributed by atoms with Crippen LogP contribution in [0.15, 0.2) is 4.99 Å². The predicted octanol–water partition coefficient (Wildman–Crippen LogP) is 1.96. The second-order valence-electron chi connectivity index (χ2n) is 7.07. The number of amides is 2. The first-order chi connectivity index (χ1) is 12.7. The van der Waals surface area contributed by atoms with E-state index in [4.69, 9.17) is 0 Å². The van der Waals surface area contributed by atoms with Gasteiger partial charge in [0.25, 0.3) is 0 Å². The van der Waals surface area contributed by atoms with Gasteiger partial charge >= 0.3 is 0 Å². The van der Waals surface area contributed by atoms with Gasteiger partial charge in [-0.15, -0.1) is 24.0 Å². The molecule has 2 fully saturated rings. The smallest absolute Gasteiger partial charge is 0.229 e. The number of nitrogens with zero attached hydrogens (tertiary/aromatic N) is 3. The Bertz CT molecular complexity index is 484. The zero-order chi connectivity index (χ0) is 18.8. The first-order valence-electron chi connectivity index (χ1n) is 10.2. The van der Waals surface area contributed by atoms with Crippen molar-refractivity contribution in [2.75, 3.05) is 39.3 Å². The van der Waals surface area contributed by atoms with Crippen molar-refractivity contribution < 1.29 is 9.59 Å². The summed E-state index contributed by atoms with van der Waals surface area (Å²) in [4.78, 5) is 32.3. The summed E-state index contributed by atoms with van der Waals surface area (Å²) in [5.74, 6) is 0.649. The summed E-state index contributed by atoms with van der Waals surface area (Å²) in [6.45, 7) is 8.95. The molecule has 2 aliphatic heterocycles. The van der Waals surface area contributed by atoms with Crippen LogP contribution >= 0.6 is 24.0 Å². The SMILES string of the molecule is CCNC(=NCCN1CCCCC1CC)NCCN1C(=O)CCCC1=O.I. The molecule has 27 heavy (non-hydrogen) atoms. The van der Waals surface area contributed by atoms with E-state index in [-0.39, 0.29) is 35.8 Å². The number of carbonyl (C=O) groups is 2. The number of halogens is 1. The number of rotatable bonds is 8. The molecular formula is C19H36IN5O2. The van der Waals surface area contributed by atoms with E-state index < -0.39 is 0 Å². The van der Waals surface area contributed by atoms with Gasteiger partial charge in [-0.1, -0.05) is 13.3 Å². The van der Waals surface area contributed by atoms with E-state index in [1.54, 1.807) is 0 Å². The van der Waals surface area contributed by atoms with Crippen molar-refractivity contribution in [2.24, 2.45) is 4.99 Å². The minimum absolute atomic E-state index is 0. The van der Waals surface area contributed by atoms with Crippen molar-refractivity contribution in [3.63, 3.8) is 0 Å². The lowest BCUT2D eigenvalue weighted by Gasteiger charge is -2.34. The molecule has 2 heterocycles. The van der Waals surface area contributed by atoms with Crippen molar-refractivity contribution in [1.29, 1.82) is 0 Å². The van der Waals surface area contributed by atoms with Crippen molar-refractivity contribution in [2.45, 2.75) is 64.8 Å². The Kier molecular flexibility index (Phi) is 11.9. The molecule has 0 radical (unpaired) electrons.